The molecule has 3 N–H and O–H groups in total. The Labute approximate surface area is 132 Å². The van der Waals surface area contributed by atoms with Crippen molar-refractivity contribution in [1.29, 1.82) is 0 Å². The van der Waals surface area contributed by atoms with Crippen LogP contribution in [0.15, 0.2) is 18.2 Å². The average Bonchev–Trinajstić information content (AvgIpc) is 2.45. The van der Waals surface area contributed by atoms with Gasteiger partial charge >= 0.3 is 0 Å². The highest BCUT2D eigenvalue weighted by Crippen LogP contribution is 2.28. The molecule has 0 aliphatic carbocycles. The molecule has 0 aliphatic heterocycles. The van der Waals surface area contributed by atoms with Gasteiger partial charge < -0.3 is 15.8 Å². The van der Waals surface area contributed by atoms with E-state index in [2.05, 4.69) is 12.2 Å². The summed E-state index contributed by atoms with van der Waals surface area (Å²) in [6, 6.07) is 5.29. The van der Waals surface area contributed by atoms with Crippen LogP contribution in [0.3, 0.4) is 0 Å². The van der Waals surface area contributed by atoms with E-state index >= 15 is 0 Å². The van der Waals surface area contributed by atoms with Crippen LogP contribution in [0.2, 0.25) is 5.02 Å². The molecule has 2 atom stereocenters. The Morgan fingerprint density at radius 3 is 2.67 bits per heavy atom. The fourth-order valence-electron chi connectivity index (χ4n) is 1.87. The normalized spacial score (nSPS) is 13.6. The maximum Gasteiger partial charge on any atom is 0.260 e. The van der Waals surface area contributed by atoms with Crippen LogP contribution in [0.1, 0.15) is 51.6 Å². The molecule has 21 heavy (non-hydrogen) atoms. The molecule has 0 fully saturated rings. The van der Waals surface area contributed by atoms with Crippen molar-refractivity contribution in [2.45, 2.75) is 52.2 Å². The van der Waals surface area contributed by atoms with Crippen molar-refractivity contribution in [3.8, 4) is 5.75 Å². The van der Waals surface area contributed by atoms with E-state index in [0.717, 1.165) is 24.8 Å². The van der Waals surface area contributed by atoms with Crippen LogP contribution in [-0.2, 0) is 4.79 Å². The maximum atomic E-state index is 11.9. The molecule has 0 radical (unpaired) electrons. The number of halogens is 1. The first-order valence-electron chi connectivity index (χ1n) is 7.45. The Morgan fingerprint density at radius 1 is 1.38 bits per heavy atom. The molecule has 5 heteroatoms. The molecule has 1 amide bonds. The molecule has 0 aliphatic rings. The first-order chi connectivity index (χ1) is 9.95. The van der Waals surface area contributed by atoms with Gasteiger partial charge in [-0.2, -0.15) is 0 Å². The lowest BCUT2D eigenvalue weighted by Crippen LogP contribution is -2.36. The molecule has 0 aromatic heterocycles. The van der Waals surface area contributed by atoms with Crippen molar-refractivity contribution in [3.05, 3.63) is 28.8 Å². The Bertz CT molecular complexity index is 464. The number of carbonyl (C=O) groups excluding carboxylic acids is 1. The van der Waals surface area contributed by atoms with Crippen molar-refractivity contribution >= 4 is 17.5 Å². The standard InChI is InChI=1S/C16H25ClN2O2/c1-4-5-6-9-19-16(20)12(3)21-15-8-7-13(11(2)18)10-14(15)17/h7-8,10-12H,4-6,9,18H2,1-3H3,(H,19,20)/t11-,12?/m0/s1. The van der Waals surface area contributed by atoms with Gasteiger partial charge in [-0.05, 0) is 38.0 Å². The minimum atomic E-state index is -0.578. The number of hydrogen-bond donors (Lipinski definition) is 2. The molecule has 1 aromatic rings. The number of unbranched alkanes of at least 4 members (excludes halogenated alkanes) is 2. The SMILES string of the molecule is CCCCCNC(=O)C(C)Oc1ccc([C@H](C)N)cc1Cl. The fraction of sp³-hybridized carbons (Fsp3) is 0.562. The van der Waals surface area contributed by atoms with Crippen LogP contribution in [-0.4, -0.2) is 18.6 Å². The van der Waals surface area contributed by atoms with Crippen molar-refractivity contribution < 1.29 is 9.53 Å². The summed E-state index contributed by atoms with van der Waals surface area (Å²) in [5.74, 6) is 0.371. The van der Waals surface area contributed by atoms with Gasteiger partial charge in [0.25, 0.3) is 5.91 Å². The number of ether oxygens (including phenoxy) is 1. The summed E-state index contributed by atoms with van der Waals surface area (Å²) in [5, 5.41) is 3.33. The molecule has 0 spiro atoms. The third-order valence-corrected chi connectivity index (χ3v) is 3.53. The quantitative estimate of drug-likeness (QED) is 0.723. The smallest absolute Gasteiger partial charge is 0.260 e. The molecule has 0 heterocycles. The summed E-state index contributed by atoms with van der Waals surface area (Å²) < 4.78 is 5.61. The third kappa shape index (κ3) is 5.94. The van der Waals surface area contributed by atoms with Crippen LogP contribution >= 0.6 is 11.6 Å². The molecule has 1 aromatic carbocycles. The second-order valence-corrected chi connectivity index (χ2v) is 5.64. The minimum absolute atomic E-state index is 0.0872. The molecule has 0 saturated heterocycles. The van der Waals surface area contributed by atoms with E-state index in [0.29, 0.717) is 17.3 Å². The zero-order valence-electron chi connectivity index (χ0n) is 13.0. The summed E-state index contributed by atoms with van der Waals surface area (Å²) in [7, 11) is 0. The van der Waals surface area contributed by atoms with Crippen LogP contribution in [0.4, 0.5) is 0 Å². The second kappa shape index (κ2) is 8.90. The summed E-state index contributed by atoms with van der Waals surface area (Å²) in [6.07, 6.45) is 2.65. The minimum Gasteiger partial charge on any atom is -0.479 e. The van der Waals surface area contributed by atoms with E-state index in [1.54, 1.807) is 19.1 Å². The largest absolute Gasteiger partial charge is 0.479 e. The molecule has 0 bridgehead atoms. The number of nitrogens with two attached hydrogens (primary N) is 1. The fourth-order valence-corrected chi connectivity index (χ4v) is 2.10. The highest BCUT2D eigenvalue weighted by atomic mass is 35.5. The zero-order chi connectivity index (χ0) is 15.8. The lowest BCUT2D eigenvalue weighted by Gasteiger charge is -2.16. The lowest BCUT2D eigenvalue weighted by molar-refractivity contribution is -0.127. The molecule has 118 valence electrons. The molecule has 1 unspecified atom stereocenters. The molecule has 0 saturated carbocycles. The van der Waals surface area contributed by atoms with Crippen molar-refractivity contribution in [1.82, 2.24) is 5.32 Å². The predicted octanol–water partition coefficient (Wildman–Crippen LogP) is 3.43. The third-order valence-electron chi connectivity index (χ3n) is 3.23. The van der Waals surface area contributed by atoms with Gasteiger partial charge in [0, 0.05) is 12.6 Å². The van der Waals surface area contributed by atoms with Crippen molar-refractivity contribution in [2.75, 3.05) is 6.54 Å². The number of benzene rings is 1. The monoisotopic (exact) mass is 312 g/mol. The second-order valence-electron chi connectivity index (χ2n) is 5.24. The van der Waals surface area contributed by atoms with Gasteiger partial charge in [-0.1, -0.05) is 37.4 Å². The first kappa shape index (κ1) is 17.8. The number of amides is 1. The molecular weight excluding hydrogens is 288 g/mol. The predicted molar refractivity (Wildman–Crippen MR) is 86.7 cm³/mol. The van der Waals surface area contributed by atoms with E-state index in [9.17, 15) is 4.79 Å². The van der Waals surface area contributed by atoms with Gasteiger partial charge in [-0.3, -0.25) is 4.79 Å². The Kier molecular flexibility index (Phi) is 7.54. The highest BCUT2D eigenvalue weighted by Gasteiger charge is 2.16. The van der Waals surface area contributed by atoms with Gasteiger partial charge in [0.05, 0.1) is 5.02 Å². The first-order valence-corrected chi connectivity index (χ1v) is 7.82. The van der Waals surface area contributed by atoms with Crippen molar-refractivity contribution in [2.24, 2.45) is 5.73 Å². The van der Waals surface area contributed by atoms with E-state index in [-0.39, 0.29) is 11.9 Å². The van der Waals surface area contributed by atoms with Gasteiger partial charge in [-0.25, -0.2) is 0 Å². The van der Waals surface area contributed by atoms with Crippen LogP contribution in [0.5, 0.6) is 5.75 Å². The maximum absolute atomic E-state index is 11.9. The van der Waals surface area contributed by atoms with Gasteiger partial charge in [0.2, 0.25) is 0 Å². The summed E-state index contributed by atoms with van der Waals surface area (Å²) in [4.78, 5) is 11.9. The summed E-state index contributed by atoms with van der Waals surface area (Å²) >= 11 is 6.16. The number of rotatable bonds is 8. The summed E-state index contributed by atoms with van der Waals surface area (Å²) in [5.41, 5.74) is 6.73. The van der Waals surface area contributed by atoms with Gasteiger partial charge in [0.15, 0.2) is 6.10 Å². The molecule has 4 nitrogen and oxygen atoms in total. The van der Waals surface area contributed by atoms with Crippen LogP contribution < -0.4 is 15.8 Å². The van der Waals surface area contributed by atoms with Gasteiger partial charge in [-0.15, -0.1) is 0 Å². The van der Waals surface area contributed by atoms with E-state index < -0.39 is 6.10 Å². The molecule has 1 rings (SSSR count). The topological polar surface area (TPSA) is 64.3 Å². The summed E-state index contributed by atoms with van der Waals surface area (Å²) in [6.45, 7) is 6.41. The average molecular weight is 313 g/mol. The Morgan fingerprint density at radius 2 is 2.10 bits per heavy atom. The van der Waals surface area contributed by atoms with Crippen LogP contribution in [0.25, 0.3) is 0 Å². The zero-order valence-corrected chi connectivity index (χ0v) is 13.7. The number of hydrogen-bond acceptors (Lipinski definition) is 3. The Balaban J connectivity index is 2.54. The van der Waals surface area contributed by atoms with E-state index in [1.165, 1.54) is 0 Å². The molecular formula is C16H25ClN2O2. The number of nitrogens with one attached hydrogen (secondary N) is 1. The van der Waals surface area contributed by atoms with Crippen LogP contribution in [0, 0.1) is 0 Å². The highest BCUT2D eigenvalue weighted by molar-refractivity contribution is 6.32. The van der Waals surface area contributed by atoms with E-state index in [1.807, 2.05) is 13.0 Å². The Hall–Kier alpha value is -1.26. The van der Waals surface area contributed by atoms with Crippen molar-refractivity contribution in [3.63, 3.8) is 0 Å². The van der Waals surface area contributed by atoms with E-state index in [4.69, 9.17) is 22.1 Å². The van der Waals surface area contributed by atoms with Gasteiger partial charge in [0.1, 0.15) is 5.75 Å². The number of carbonyl (C=O) groups is 1. The lowest BCUT2D eigenvalue weighted by atomic mass is 10.1.